The molecule has 0 spiro atoms. The third-order valence-corrected chi connectivity index (χ3v) is 6.61. The fourth-order valence-corrected chi connectivity index (χ4v) is 4.89. The second-order valence-electron chi connectivity index (χ2n) is 7.77. The maximum Gasteiger partial charge on any atom is -0.147 e. The number of hydrogen-bond donors (Lipinski definition) is 0. The first kappa shape index (κ1) is 25.6. The molecule has 0 saturated carbocycles. The van der Waals surface area contributed by atoms with Crippen LogP contribution in [0.4, 0.5) is 3.09 Å². The van der Waals surface area contributed by atoms with Gasteiger partial charge >= 0.3 is 169 Å². The predicted molar refractivity (Wildman–Crippen MR) is 122 cm³/mol. The van der Waals surface area contributed by atoms with Crippen molar-refractivity contribution in [3.63, 3.8) is 0 Å². The second-order valence-corrected chi connectivity index (χ2v) is 9.72. The SMILES string of the molecule is Cc1cc([O][Ti]([F])=[C](c2ccccc2)c2ccccc2)cc(C(C)(C)C)c1.Cl.Cl. The minimum absolute atomic E-state index is 0. The molecule has 0 atom stereocenters. The van der Waals surface area contributed by atoms with E-state index in [0.717, 1.165) is 22.3 Å². The van der Waals surface area contributed by atoms with Crippen LogP contribution in [0.3, 0.4) is 0 Å². The Morgan fingerprint density at radius 2 is 1.28 bits per heavy atom. The van der Waals surface area contributed by atoms with E-state index in [9.17, 15) is 0 Å². The van der Waals surface area contributed by atoms with Crippen LogP contribution in [0, 0.1) is 6.92 Å². The largest absolute Gasteiger partial charge is 0.147 e. The van der Waals surface area contributed by atoms with Crippen LogP contribution in [-0.4, -0.2) is 3.81 Å². The van der Waals surface area contributed by atoms with Gasteiger partial charge in [-0.3, -0.25) is 0 Å². The van der Waals surface area contributed by atoms with Gasteiger partial charge < -0.3 is 0 Å². The van der Waals surface area contributed by atoms with Crippen molar-refractivity contribution in [3.05, 3.63) is 101 Å². The van der Waals surface area contributed by atoms with Crippen molar-refractivity contribution in [2.24, 2.45) is 0 Å². The standard InChI is InChI=1S/C13H10.C11H16O.2ClH.FH.Ti/c1-3-7-12(8-4-1)11-13-9-5-2-6-10-13;1-8-5-9(11(2,3)4)7-10(12)6-8;;;;/h1-10H;5-7,12H,1-4H3;3*1H;/q;;;;;+2/p-2. The van der Waals surface area contributed by atoms with Gasteiger partial charge in [-0.1, -0.05) is 0 Å². The fourth-order valence-electron chi connectivity index (χ4n) is 3.00. The van der Waals surface area contributed by atoms with Crippen LogP contribution in [0.5, 0.6) is 5.75 Å². The molecule has 5 heteroatoms. The summed E-state index contributed by atoms with van der Waals surface area (Å²) in [7, 11) is 0. The molecule has 3 rings (SSSR count). The Morgan fingerprint density at radius 1 is 0.793 bits per heavy atom. The molecule has 0 amide bonds. The minimum Gasteiger partial charge on any atom is -0.147 e. The molecule has 3 aromatic carbocycles. The van der Waals surface area contributed by atoms with Crippen molar-refractivity contribution >= 4 is 28.6 Å². The first-order valence-corrected chi connectivity index (χ1v) is 11.2. The van der Waals surface area contributed by atoms with Crippen molar-refractivity contribution in [1.29, 1.82) is 0 Å². The van der Waals surface area contributed by atoms with Crippen LogP contribution in [0.25, 0.3) is 0 Å². The van der Waals surface area contributed by atoms with Crippen molar-refractivity contribution in [2.75, 3.05) is 0 Å². The van der Waals surface area contributed by atoms with Crippen molar-refractivity contribution < 1.29 is 24.7 Å². The maximum atomic E-state index is 15.6. The van der Waals surface area contributed by atoms with Gasteiger partial charge in [0.25, 0.3) is 0 Å². The van der Waals surface area contributed by atoms with Gasteiger partial charge in [0.1, 0.15) is 0 Å². The fraction of sp³-hybridized carbons (Fsp3) is 0.208. The van der Waals surface area contributed by atoms with Gasteiger partial charge in [0.05, 0.1) is 0 Å². The molecule has 0 fully saturated rings. The van der Waals surface area contributed by atoms with Gasteiger partial charge in [-0.25, -0.2) is 0 Å². The molecule has 0 aliphatic heterocycles. The van der Waals surface area contributed by atoms with Gasteiger partial charge in [-0.2, -0.15) is 0 Å². The van der Waals surface area contributed by atoms with E-state index in [1.54, 1.807) is 0 Å². The van der Waals surface area contributed by atoms with Crippen LogP contribution in [-0.2, 0) is 23.7 Å². The summed E-state index contributed by atoms with van der Waals surface area (Å²) in [6, 6.07) is 25.5. The number of benzene rings is 3. The van der Waals surface area contributed by atoms with Gasteiger partial charge in [0.2, 0.25) is 0 Å². The summed E-state index contributed by atoms with van der Waals surface area (Å²) in [5.41, 5.74) is 4.02. The zero-order chi connectivity index (χ0) is 19.4. The molecule has 29 heavy (non-hydrogen) atoms. The molecule has 0 bridgehead atoms. The molecule has 0 unspecified atom stereocenters. The Balaban J connectivity index is 0.00000210. The zero-order valence-corrected chi connectivity index (χ0v) is 20.3. The van der Waals surface area contributed by atoms with Crippen LogP contribution < -0.4 is 3.32 Å². The average Bonchev–Trinajstić information content (AvgIpc) is 2.62. The van der Waals surface area contributed by atoms with E-state index >= 15 is 3.09 Å². The average molecular weight is 469 g/mol. The summed E-state index contributed by atoms with van der Waals surface area (Å²) in [6.45, 7) is 8.50. The Hall–Kier alpha value is -1.45. The summed E-state index contributed by atoms with van der Waals surface area (Å²) in [5, 5.41) is 0. The van der Waals surface area contributed by atoms with E-state index in [4.69, 9.17) is 3.32 Å². The number of halogens is 3. The molecule has 154 valence electrons. The summed E-state index contributed by atoms with van der Waals surface area (Å²) in [6.07, 6.45) is 0. The van der Waals surface area contributed by atoms with Gasteiger partial charge in [-0.05, 0) is 0 Å². The Morgan fingerprint density at radius 3 is 1.72 bits per heavy atom. The molecule has 0 N–H and O–H groups in total. The molecule has 0 radical (unpaired) electrons. The summed E-state index contributed by atoms with van der Waals surface area (Å²) >= 11 is -3.50. The van der Waals surface area contributed by atoms with E-state index in [0.29, 0.717) is 9.56 Å². The Bertz CT molecular complexity index is 910. The first-order valence-electron chi connectivity index (χ1n) is 9.15. The smallest absolute Gasteiger partial charge is 0.147 e. The van der Waals surface area contributed by atoms with Crippen molar-refractivity contribution in [2.45, 2.75) is 33.1 Å². The minimum atomic E-state index is -3.50. The van der Waals surface area contributed by atoms with E-state index in [2.05, 4.69) is 26.8 Å². The molecule has 0 aromatic heterocycles. The summed E-state index contributed by atoms with van der Waals surface area (Å²) in [5.74, 6) is 0.627. The van der Waals surface area contributed by atoms with Crippen LogP contribution in [0.2, 0.25) is 0 Å². The number of hydrogen-bond acceptors (Lipinski definition) is 1. The molecule has 3 aromatic rings. The van der Waals surface area contributed by atoms with Crippen LogP contribution in [0.15, 0.2) is 78.9 Å². The van der Waals surface area contributed by atoms with Gasteiger partial charge in [0.15, 0.2) is 0 Å². The predicted octanol–water partition coefficient (Wildman–Crippen LogP) is 7.20. The first-order chi connectivity index (χ1) is 12.8. The van der Waals surface area contributed by atoms with Crippen LogP contribution >= 0.6 is 24.8 Å². The molecule has 0 heterocycles. The topological polar surface area (TPSA) is 9.23 Å². The summed E-state index contributed by atoms with van der Waals surface area (Å²) < 4.78 is 22.3. The van der Waals surface area contributed by atoms with E-state index in [-0.39, 0.29) is 30.2 Å². The van der Waals surface area contributed by atoms with Gasteiger partial charge in [0, 0.05) is 0 Å². The third-order valence-electron chi connectivity index (χ3n) is 4.45. The van der Waals surface area contributed by atoms with E-state index < -0.39 is 18.3 Å². The molecule has 0 aliphatic rings. The maximum absolute atomic E-state index is 15.6. The zero-order valence-electron chi connectivity index (χ0n) is 17.1. The Kier molecular flexibility index (Phi) is 9.78. The molecular weight excluding hydrogens is 442 g/mol. The molecule has 0 aliphatic carbocycles. The molecule has 0 saturated heterocycles. The molecule has 1 nitrogen and oxygen atoms in total. The van der Waals surface area contributed by atoms with Crippen LogP contribution in [0.1, 0.15) is 43.0 Å². The monoisotopic (exact) mass is 468 g/mol. The van der Waals surface area contributed by atoms with Crippen molar-refractivity contribution in [1.82, 2.24) is 0 Å². The number of rotatable bonds is 4. The van der Waals surface area contributed by atoms with E-state index in [1.807, 2.05) is 79.7 Å². The quantitative estimate of drug-likeness (QED) is 0.367. The Labute approximate surface area is 192 Å². The second kappa shape index (κ2) is 11.1. The third kappa shape index (κ3) is 6.79. The van der Waals surface area contributed by atoms with Gasteiger partial charge in [-0.15, -0.1) is 24.8 Å². The normalized spacial score (nSPS) is 10.4. The van der Waals surface area contributed by atoms with Crippen molar-refractivity contribution in [3.8, 4) is 5.75 Å². The summed E-state index contributed by atoms with van der Waals surface area (Å²) in [4.78, 5) is 0. The van der Waals surface area contributed by atoms with E-state index in [1.165, 1.54) is 0 Å². The molecular formula is C24H27Cl2FOTi. The number of aryl methyl sites for hydroxylation is 1.